The van der Waals surface area contributed by atoms with E-state index in [4.69, 9.17) is 17.3 Å². The van der Waals surface area contributed by atoms with Crippen molar-refractivity contribution >= 4 is 28.8 Å². The molecule has 0 radical (unpaired) electrons. The summed E-state index contributed by atoms with van der Waals surface area (Å²) in [5.74, 6) is -0.721. The van der Waals surface area contributed by atoms with E-state index in [0.717, 1.165) is 0 Å². The monoisotopic (exact) mass is 302 g/mol. The average Bonchev–Trinajstić information content (AvgIpc) is 2.58. The van der Waals surface area contributed by atoms with Crippen LogP contribution in [0.4, 0.5) is 10.1 Å². The lowest BCUT2D eigenvalue weighted by molar-refractivity contribution is -0.116. The minimum atomic E-state index is -0.856. The van der Waals surface area contributed by atoms with E-state index in [-0.39, 0.29) is 11.7 Å². The summed E-state index contributed by atoms with van der Waals surface area (Å²) < 4.78 is 14.1. The summed E-state index contributed by atoms with van der Waals surface area (Å²) in [6, 6.07) is 10.5. The predicted molar refractivity (Wildman–Crippen MR) is 81.5 cm³/mol. The first-order valence-corrected chi connectivity index (χ1v) is 6.77. The molecule has 1 atom stereocenters. The van der Waals surface area contributed by atoms with Crippen molar-refractivity contribution in [1.82, 2.24) is 0 Å². The van der Waals surface area contributed by atoms with Crippen LogP contribution in [0, 0.1) is 5.82 Å². The molecule has 3 nitrogen and oxygen atoms in total. The van der Waals surface area contributed by atoms with Gasteiger partial charge in [0.05, 0.1) is 0 Å². The highest BCUT2D eigenvalue weighted by Crippen LogP contribution is 2.34. The van der Waals surface area contributed by atoms with Crippen molar-refractivity contribution in [3.8, 4) is 0 Å². The molecule has 5 heteroatoms. The molecule has 2 aromatic rings. The molecule has 0 aliphatic carbocycles. The molecular weight excluding hydrogens is 291 g/mol. The Balaban J connectivity index is 2.27. The van der Waals surface area contributed by atoms with Gasteiger partial charge in [-0.2, -0.15) is 0 Å². The third kappa shape index (κ3) is 2.55. The maximum atomic E-state index is 14.1. The highest BCUT2D eigenvalue weighted by molar-refractivity contribution is 6.31. The molecule has 21 heavy (non-hydrogen) atoms. The third-order valence-electron chi connectivity index (χ3n) is 3.34. The van der Waals surface area contributed by atoms with Gasteiger partial charge in [-0.3, -0.25) is 4.79 Å². The van der Waals surface area contributed by atoms with Crippen molar-refractivity contribution in [3.63, 3.8) is 0 Å². The first-order chi connectivity index (χ1) is 10.1. The van der Waals surface area contributed by atoms with Gasteiger partial charge in [-0.25, -0.2) is 4.39 Å². The highest BCUT2D eigenvalue weighted by atomic mass is 35.5. The molecule has 1 amide bonds. The lowest BCUT2D eigenvalue weighted by Crippen LogP contribution is -2.32. The van der Waals surface area contributed by atoms with Crippen molar-refractivity contribution in [1.29, 1.82) is 0 Å². The van der Waals surface area contributed by atoms with Crippen LogP contribution in [0.5, 0.6) is 0 Å². The number of fused-ring (bicyclic) bond motifs is 1. The second kappa shape index (κ2) is 5.31. The molecule has 0 aromatic heterocycles. The van der Waals surface area contributed by atoms with Crippen molar-refractivity contribution in [2.24, 2.45) is 5.73 Å². The van der Waals surface area contributed by atoms with Gasteiger partial charge >= 0.3 is 0 Å². The number of amides is 1. The third-order valence-corrected chi connectivity index (χ3v) is 3.58. The molecule has 0 saturated carbocycles. The number of carbonyl (C=O) groups is 1. The zero-order chi connectivity index (χ0) is 15.0. The molecule has 1 aliphatic rings. The highest BCUT2D eigenvalue weighted by Gasteiger charge is 2.23. The molecule has 1 aliphatic heterocycles. The van der Waals surface area contributed by atoms with E-state index in [1.165, 1.54) is 6.07 Å². The SMILES string of the molecule is NC1C=C(c2ccccc2F)c2cc(Cl)ccc2NC1=O. The van der Waals surface area contributed by atoms with Gasteiger partial charge in [0.15, 0.2) is 0 Å². The first-order valence-electron chi connectivity index (χ1n) is 6.39. The number of benzene rings is 2. The van der Waals surface area contributed by atoms with Crippen molar-refractivity contribution in [2.45, 2.75) is 6.04 Å². The van der Waals surface area contributed by atoms with Crippen LogP contribution in [-0.2, 0) is 4.79 Å². The van der Waals surface area contributed by atoms with Crippen LogP contribution in [0.2, 0.25) is 5.02 Å². The lowest BCUT2D eigenvalue weighted by Gasteiger charge is -2.12. The zero-order valence-electron chi connectivity index (χ0n) is 10.9. The molecule has 106 valence electrons. The van der Waals surface area contributed by atoms with Gasteiger partial charge < -0.3 is 11.1 Å². The Morgan fingerprint density at radius 1 is 1.14 bits per heavy atom. The van der Waals surface area contributed by atoms with Crippen molar-refractivity contribution in [3.05, 3.63) is 70.5 Å². The summed E-state index contributed by atoms with van der Waals surface area (Å²) in [5, 5.41) is 3.22. The number of anilines is 1. The van der Waals surface area contributed by atoms with Crippen molar-refractivity contribution in [2.75, 3.05) is 5.32 Å². The van der Waals surface area contributed by atoms with Gasteiger partial charge in [0.1, 0.15) is 11.9 Å². The summed E-state index contributed by atoms with van der Waals surface area (Å²) >= 11 is 6.03. The normalized spacial score (nSPS) is 17.6. The van der Waals surface area contributed by atoms with E-state index in [0.29, 0.717) is 27.4 Å². The van der Waals surface area contributed by atoms with Crippen LogP contribution >= 0.6 is 11.6 Å². The van der Waals surface area contributed by atoms with E-state index >= 15 is 0 Å². The first kappa shape index (κ1) is 13.8. The van der Waals surface area contributed by atoms with Crippen LogP contribution in [0.1, 0.15) is 11.1 Å². The quantitative estimate of drug-likeness (QED) is 0.850. The standard InChI is InChI=1S/C16H12ClFN2O/c17-9-5-6-15-12(7-9)11(8-14(19)16(21)20-15)10-3-1-2-4-13(10)18/h1-8,14H,19H2,(H,20,21). The Kier molecular flexibility index (Phi) is 3.49. The minimum absolute atomic E-state index is 0.343. The number of hydrogen-bond acceptors (Lipinski definition) is 2. The van der Waals surface area contributed by atoms with Crippen LogP contribution in [0.25, 0.3) is 5.57 Å². The second-order valence-electron chi connectivity index (χ2n) is 4.77. The number of halogens is 2. The summed E-state index contributed by atoms with van der Waals surface area (Å²) in [7, 11) is 0. The Hall–Kier alpha value is -2.17. The Labute approximate surface area is 126 Å². The summed E-state index contributed by atoms with van der Waals surface area (Å²) in [4.78, 5) is 11.9. The summed E-state index contributed by atoms with van der Waals surface area (Å²) in [6.07, 6.45) is 1.55. The molecule has 0 fully saturated rings. The number of carbonyl (C=O) groups excluding carboxylic acids is 1. The largest absolute Gasteiger partial charge is 0.324 e. The minimum Gasteiger partial charge on any atom is -0.324 e. The van der Waals surface area contributed by atoms with Gasteiger partial charge in [0.25, 0.3) is 0 Å². The molecule has 0 bridgehead atoms. The second-order valence-corrected chi connectivity index (χ2v) is 5.20. The van der Waals surface area contributed by atoms with E-state index < -0.39 is 6.04 Å². The fraction of sp³-hybridized carbons (Fsp3) is 0.0625. The van der Waals surface area contributed by atoms with Crippen molar-refractivity contribution < 1.29 is 9.18 Å². The fourth-order valence-electron chi connectivity index (χ4n) is 2.32. The summed E-state index contributed by atoms with van der Waals surface area (Å²) in [5.41, 5.74) is 7.97. The molecule has 0 saturated heterocycles. The topological polar surface area (TPSA) is 55.1 Å². The number of rotatable bonds is 1. The van der Waals surface area contributed by atoms with Crippen LogP contribution in [-0.4, -0.2) is 11.9 Å². The van der Waals surface area contributed by atoms with Gasteiger partial charge in [0.2, 0.25) is 5.91 Å². The summed E-state index contributed by atoms with van der Waals surface area (Å²) in [6.45, 7) is 0. The van der Waals surface area contributed by atoms with E-state index in [9.17, 15) is 9.18 Å². The van der Waals surface area contributed by atoms with Gasteiger partial charge in [0, 0.05) is 21.8 Å². The zero-order valence-corrected chi connectivity index (χ0v) is 11.7. The molecule has 3 N–H and O–H groups in total. The number of nitrogens with one attached hydrogen (secondary N) is 1. The molecule has 0 spiro atoms. The Morgan fingerprint density at radius 2 is 1.90 bits per heavy atom. The van der Waals surface area contributed by atoms with Gasteiger partial charge in [-0.1, -0.05) is 29.8 Å². The molecule has 3 rings (SSSR count). The average molecular weight is 303 g/mol. The van der Waals surface area contributed by atoms with E-state index in [1.54, 1.807) is 42.5 Å². The molecule has 2 aromatic carbocycles. The van der Waals surface area contributed by atoms with Crippen LogP contribution in [0.15, 0.2) is 48.5 Å². The van der Waals surface area contributed by atoms with Gasteiger partial charge in [-0.05, 0) is 35.9 Å². The fourth-order valence-corrected chi connectivity index (χ4v) is 2.50. The van der Waals surface area contributed by atoms with E-state index in [1.807, 2.05) is 0 Å². The Bertz CT molecular complexity index is 758. The molecule has 1 heterocycles. The number of hydrogen-bond donors (Lipinski definition) is 2. The molecule has 1 unspecified atom stereocenters. The van der Waals surface area contributed by atoms with Crippen LogP contribution < -0.4 is 11.1 Å². The maximum absolute atomic E-state index is 14.1. The molecular formula is C16H12ClFN2O. The van der Waals surface area contributed by atoms with Crippen LogP contribution in [0.3, 0.4) is 0 Å². The maximum Gasteiger partial charge on any atom is 0.245 e. The van der Waals surface area contributed by atoms with Gasteiger partial charge in [-0.15, -0.1) is 0 Å². The number of nitrogens with two attached hydrogens (primary N) is 1. The Morgan fingerprint density at radius 3 is 2.67 bits per heavy atom. The lowest BCUT2D eigenvalue weighted by atomic mass is 9.95. The smallest absolute Gasteiger partial charge is 0.245 e. The predicted octanol–water partition coefficient (Wildman–Crippen LogP) is 3.19. The van der Waals surface area contributed by atoms with E-state index in [2.05, 4.69) is 5.32 Å².